The summed E-state index contributed by atoms with van der Waals surface area (Å²) in [6, 6.07) is 10.3. The van der Waals surface area contributed by atoms with Crippen LogP contribution in [0.4, 0.5) is 4.79 Å². The van der Waals surface area contributed by atoms with E-state index in [-0.39, 0.29) is 43.1 Å². The fraction of sp³-hybridized carbons (Fsp3) is 0.385. The molecule has 3 aliphatic rings. The van der Waals surface area contributed by atoms with E-state index in [0.717, 1.165) is 5.56 Å². The van der Waals surface area contributed by atoms with Crippen molar-refractivity contribution in [1.82, 2.24) is 15.5 Å². The molecule has 37 heavy (non-hydrogen) atoms. The van der Waals surface area contributed by atoms with E-state index < -0.39 is 41.6 Å². The zero-order chi connectivity index (χ0) is 26.7. The van der Waals surface area contributed by atoms with Crippen LogP contribution in [0.15, 0.2) is 42.5 Å². The Morgan fingerprint density at radius 1 is 1.05 bits per heavy atom. The molecule has 0 spiro atoms. The molecule has 11 heteroatoms. The minimum absolute atomic E-state index is 0.0259. The summed E-state index contributed by atoms with van der Waals surface area (Å²) in [5, 5.41) is 15.1. The van der Waals surface area contributed by atoms with Gasteiger partial charge in [-0.15, -0.1) is 0 Å². The largest absolute Gasteiger partial charge is 0.486 e. The molecule has 3 heterocycles. The van der Waals surface area contributed by atoms with E-state index in [1.165, 1.54) is 23.1 Å². The van der Waals surface area contributed by atoms with Crippen LogP contribution in [0.25, 0.3) is 0 Å². The summed E-state index contributed by atoms with van der Waals surface area (Å²) in [5.74, 6) is -1.67. The number of hydrogen-bond donors (Lipinski definition) is 3. The van der Waals surface area contributed by atoms with Crippen molar-refractivity contribution in [3.05, 3.63) is 59.2 Å². The first-order chi connectivity index (χ1) is 17.5. The normalized spacial score (nSPS) is 20.0. The lowest BCUT2D eigenvalue weighted by Crippen LogP contribution is -2.45. The number of ether oxygens (including phenoxy) is 3. The van der Waals surface area contributed by atoms with E-state index in [9.17, 15) is 24.3 Å². The van der Waals surface area contributed by atoms with Crippen molar-refractivity contribution >= 4 is 23.9 Å². The molecule has 0 aromatic heterocycles. The predicted molar refractivity (Wildman–Crippen MR) is 131 cm³/mol. The molecule has 1 fully saturated rings. The van der Waals surface area contributed by atoms with Gasteiger partial charge in [0.1, 0.15) is 23.2 Å². The first-order valence-corrected chi connectivity index (χ1v) is 11.8. The molecule has 0 saturated carbocycles. The van der Waals surface area contributed by atoms with Crippen LogP contribution in [0, 0.1) is 0 Å². The number of aromatic carboxylic acids is 1. The third-order valence-corrected chi connectivity index (χ3v) is 5.72. The number of rotatable bonds is 1. The molecule has 196 valence electrons. The van der Waals surface area contributed by atoms with Crippen molar-refractivity contribution in [3.63, 3.8) is 0 Å². The molecular formula is C26H29N3O8. The van der Waals surface area contributed by atoms with Gasteiger partial charge in [-0.25, -0.2) is 9.59 Å². The van der Waals surface area contributed by atoms with E-state index >= 15 is 0 Å². The zero-order valence-electron chi connectivity index (χ0n) is 20.8. The Bertz CT molecular complexity index is 1210. The maximum atomic E-state index is 13.2. The van der Waals surface area contributed by atoms with Crippen molar-refractivity contribution in [2.24, 2.45) is 0 Å². The lowest BCUT2D eigenvalue weighted by molar-refractivity contribution is -0.123. The number of carboxylic acid groups (broad SMARTS) is 1. The molecule has 4 bridgehead atoms. The van der Waals surface area contributed by atoms with Crippen molar-refractivity contribution in [3.8, 4) is 11.5 Å². The molecule has 3 N–H and O–H groups in total. The fourth-order valence-electron chi connectivity index (χ4n) is 3.96. The standard InChI is InChI=1S/C26H29N3O8/c1-26(2,3)37-25(34)29-12-20-21(13-29)36-18-6-4-15(5-7-18)11-27-22(30)14-35-19-9-16(23(31)28-20)8-17(10-19)24(32)33/h4-10,20-21H,11-14H2,1-3H3,(H,27,30)(H,28,31)(H,32,33)/t20-,21-/m0/s1. The van der Waals surface area contributed by atoms with Crippen molar-refractivity contribution in [2.75, 3.05) is 19.7 Å². The highest BCUT2D eigenvalue weighted by Gasteiger charge is 2.40. The quantitative estimate of drug-likeness (QED) is 0.529. The van der Waals surface area contributed by atoms with E-state index in [2.05, 4.69) is 10.6 Å². The van der Waals surface area contributed by atoms with Crippen molar-refractivity contribution in [1.29, 1.82) is 0 Å². The van der Waals surface area contributed by atoms with E-state index in [1.54, 1.807) is 45.0 Å². The molecule has 0 radical (unpaired) electrons. The minimum atomic E-state index is -1.26. The van der Waals surface area contributed by atoms with Gasteiger partial charge in [0, 0.05) is 18.7 Å². The summed E-state index contributed by atoms with van der Waals surface area (Å²) in [4.78, 5) is 51.3. The number of nitrogens with one attached hydrogen (secondary N) is 2. The Morgan fingerprint density at radius 3 is 2.46 bits per heavy atom. The number of carbonyl (C=O) groups is 4. The van der Waals surface area contributed by atoms with Gasteiger partial charge in [0.25, 0.3) is 11.8 Å². The maximum Gasteiger partial charge on any atom is 0.410 e. The average molecular weight is 512 g/mol. The molecule has 5 rings (SSSR count). The van der Waals surface area contributed by atoms with Crippen LogP contribution >= 0.6 is 0 Å². The molecule has 2 aromatic carbocycles. The topological polar surface area (TPSA) is 144 Å². The number of carbonyl (C=O) groups excluding carboxylic acids is 3. The van der Waals surface area contributed by atoms with Crippen LogP contribution in [0.2, 0.25) is 0 Å². The monoisotopic (exact) mass is 511 g/mol. The number of benzene rings is 2. The van der Waals surface area contributed by atoms with Crippen LogP contribution in [-0.2, 0) is 16.1 Å². The van der Waals surface area contributed by atoms with Crippen molar-refractivity contribution in [2.45, 2.75) is 45.1 Å². The first kappa shape index (κ1) is 25.8. The SMILES string of the molecule is CC(C)(C)OC(=O)N1C[C@@H]2NC(=O)c3cc(cc(C(=O)O)c3)OCC(=O)NCc3ccc(cc3)O[C@H]2C1. The number of amides is 3. The Labute approximate surface area is 213 Å². The molecule has 0 aliphatic carbocycles. The highest BCUT2D eigenvalue weighted by Crippen LogP contribution is 2.23. The van der Waals surface area contributed by atoms with Gasteiger partial charge in [0.15, 0.2) is 6.61 Å². The summed E-state index contributed by atoms with van der Waals surface area (Å²) in [6.07, 6.45) is -1.13. The predicted octanol–water partition coefficient (Wildman–Crippen LogP) is 2.19. The molecule has 2 atom stereocenters. The first-order valence-electron chi connectivity index (χ1n) is 11.8. The number of carboxylic acids is 1. The van der Waals surface area contributed by atoms with Gasteiger partial charge in [0.05, 0.1) is 18.2 Å². The van der Waals surface area contributed by atoms with Gasteiger partial charge in [-0.1, -0.05) is 12.1 Å². The van der Waals surface area contributed by atoms with E-state index in [1.807, 2.05) is 0 Å². The zero-order valence-corrected chi connectivity index (χ0v) is 20.8. The van der Waals surface area contributed by atoms with Gasteiger partial charge in [0.2, 0.25) is 0 Å². The van der Waals surface area contributed by atoms with Gasteiger partial charge >= 0.3 is 12.1 Å². The van der Waals surface area contributed by atoms with E-state index in [4.69, 9.17) is 14.2 Å². The van der Waals surface area contributed by atoms with Gasteiger partial charge in [-0.3, -0.25) is 9.59 Å². The molecule has 2 aromatic rings. The lowest BCUT2D eigenvalue weighted by atomic mass is 10.1. The van der Waals surface area contributed by atoms with Crippen LogP contribution < -0.4 is 20.1 Å². The second-order valence-corrected chi connectivity index (χ2v) is 9.88. The van der Waals surface area contributed by atoms with Crippen LogP contribution in [-0.4, -0.2) is 71.3 Å². The molecule has 0 unspecified atom stereocenters. The number of hydrogen-bond acceptors (Lipinski definition) is 7. The Morgan fingerprint density at radius 2 is 1.78 bits per heavy atom. The minimum Gasteiger partial charge on any atom is -0.486 e. The van der Waals surface area contributed by atoms with Crippen LogP contribution in [0.3, 0.4) is 0 Å². The summed E-state index contributed by atoms with van der Waals surface area (Å²) in [5.41, 5.74) is -0.0171. The Kier molecular flexibility index (Phi) is 7.23. The number of likely N-dealkylation sites (tertiary alicyclic amines) is 1. The number of nitrogens with zero attached hydrogens (tertiary/aromatic N) is 1. The van der Waals surface area contributed by atoms with Crippen molar-refractivity contribution < 1.29 is 38.5 Å². The highest BCUT2D eigenvalue weighted by molar-refractivity contribution is 5.98. The van der Waals surface area contributed by atoms with Crippen LogP contribution in [0.5, 0.6) is 11.5 Å². The average Bonchev–Trinajstić information content (AvgIpc) is 3.22. The fourth-order valence-corrected chi connectivity index (χ4v) is 3.96. The molecule has 3 aliphatic heterocycles. The summed E-state index contributed by atoms with van der Waals surface area (Å²) < 4.78 is 17.1. The molecule has 11 nitrogen and oxygen atoms in total. The summed E-state index contributed by atoms with van der Waals surface area (Å²) >= 11 is 0. The third-order valence-electron chi connectivity index (χ3n) is 5.72. The Hall–Kier alpha value is -4.28. The maximum absolute atomic E-state index is 13.2. The smallest absolute Gasteiger partial charge is 0.410 e. The summed E-state index contributed by atoms with van der Waals surface area (Å²) in [6.45, 7) is 5.49. The lowest BCUT2D eigenvalue weighted by Gasteiger charge is -2.24. The molecule has 1 saturated heterocycles. The summed E-state index contributed by atoms with van der Waals surface area (Å²) in [7, 11) is 0. The molecular weight excluding hydrogens is 482 g/mol. The van der Waals surface area contributed by atoms with Crippen LogP contribution in [0.1, 0.15) is 47.1 Å². The van der Waals surface area contributed by atoms with Gasteiger partial charge in [-0.05, 0) is 56.7 Å². The second-order valence-electron chi connectivity index (χ2n) is 9.88. The Balaban J connectivity index is 1.65. The van der Waals surface area contributed by atoms with Gasteiger partial charge < -0.3 is 34.9 Å². The van der Waals surface area contributed by atoms with E-state index in [0.29, 0.717) is 5.75 Å². The third kappa shape index (κ3) is 6.69. The number of fused-ring (bicyclic) bond motifs is 7. The second kappa shape index (κ2) is 10.4. The highest BCUT2D eigenvalue weighted by atomic mass is 16.6. The van der Waals surface area contributed by atoms with Gasteiger partial charge in [-0.2, -0.15) is 0 Å². The molecule has 3 amide bonds.